The molecule has 9 nitrogen and oxygen atoms in total. The molecule has 2 aliphatic heterocycles. The lowest BCUT2D eigenvalue weighted by atomic mass is 9.79. The van der Waals surface area contributed by atoms with Gasteiger partial charge in [-0.1, -0.05) is 18.2 Å². The largest absolute Gasteiger partial charge is 0.423 e. The Morgan fingerprint density at radius 2 is 1.97 bits per heavy atom. The number of aromatic nitrogens is 1. The van der Waals surface area contributed by atoms with Gasteiger partial charge < -0.3 is 19.1 Å². The van der Waals surface area contributed by atoms with Crippen LogP contribution >= 0.6 is 15.9 Å². The monoisotopic (exact) mass is 587 g/mol. The van der Waals surface area contributed by atoms with Gasteiger partial charge in [0.2, 0.25) is 12.2 Å². The van der Waals surface area contributed by atoms with Gasteiger partial charge in [-0.05, 0) is 78.9 Å². The van der Waals surface area contributed by atoms with E-state index < -0.39 is 24.5 Å². The molecule has 3 aliphatic rings. The minimum absolute atomic E-state index is 0.0864. The van der Waals surface area contributed by atoms with Crippen molar-refractivity contribution in [2.24, 2.45) is 5.92 Å². The van der Waals surface area contributed by atoms with Crippen molar-refractivity contribution in [3.8, 4) is 0 Å². The Morgan fingerprint density at radius 3 is 2.66 bits per heavy atom. The second kappa shape index (κ2) is 10.8. The summed E-state index contributed by atoms with van der Waals surface area (Å²) in [5.41, 5.74) is 3.84. The van der Waals surface area contributed by atoms with Crippen molar-refractivity contribution in [1.29, 1.82) is 0 Å². The lowest BCUT2D eigenvalue weighted by Crippen LogP contribution is -2.47. The quantitative estimate of drug-likeness (QED) is 0.369. The highest BCUT2D eigenvalue weighted by molar-refractivity contribution is 9.10. The number of benzene rings is 1. The van der Waals surface area contributed by atoms with E-state index in [0.717, 1.165) is 28.5 Å². The molecule has 0 bridgehead atoms. The first-order valence-corrected chi connectivity index (χ1v) is 14.1. The second-order valence-corrected chi connectivity index (χ2v) is 10.8. The number of ether oxygens (including phenoxy) is 3. The normalized spacial score (nSPS) is 23.5. The van der Waals surface area contributed by atoms with Crippen molar-refractivity contribution < 1.29 is 28.6 Å². The number of rotatable bonds is 6. The molecule has 1 aromatic carbocycles. The third kappa shape index (κ3) is 4.67. The lowest BCUT2D eigenvalue weighted by Gasteiger charge is -2.40. The Balaban J connectivity index is 1.46. The molecule has 1 amide bonds. The van der Waals surface area contributed by atoms with E-state index in [-0.39, 0.29) is 17.9 Å². The minimum atomic E-state index is -1.07. The van der Waals surface area contributed by atoms with Gasteiger partial charge in [-0.15, -0.1) is 0 Å². The minimum Gasteiger partial charge on any atom is -0.423 e. The smallest absolute Gasteiger partial charge is 0.422 e. The van der Waals surface area contributed by atoms with E-state index in [4.69, 9.17) is 14.2 Å². The van der Waals surface area contributed by atoms with E-state index in [1.807, 2.05) is 30.9 Å². The molecule has 1 saturated heterocycles. The van der Waals surface area contributed by atoms with Crippen LogP contribution < -0.4 is 0 Å². The topological polar surface area (TPSA) is 90.3 Å². The SMILES string of the molecule is CCN(CC)C(=O)[C@@H]1C=C2c3cccc4c3c(c(Br)n4C(=O)OC(C)OC(=O)C3CCCO3)C[C@H]2N(C)C1. The zero-order valence-electron chi connectivity index (χ0n) is 22.2. The van der Waals surface area contributed by atoms with Crippen molar-refractivity contribution in [2.75, 3.05) is 33.3 Å². The van der Waals surface area contributed by atoms with Crippen LogP contribution in [0.25, 0.3) is 16.5 Å². The van der Waals surface area contributed by atoms with Crippen molar-refractivity contribution >= 4 is 50.4 Å². The number of nitrogens with zero attached hydrogens (tertiary/aromatic N) is 3. The van der Waals surface area contributed by atoms with Crippen molar-refractivity contribution in [1.82, 2.24) is 14.4 Å². The van der Waals surface area contributed by atoms with Gasteiger partial charge in [0.05, 0.1) is 16.0 Å². The summed E-state index contributed by atoms with van der Waals surface area (Å²) in [4.78, 5) is 42.9. The number of halogens is 1. The average Bonchev–Trinajstić information content (AvgIpc) is 3.53. The summed E-state index contributed by atoms with van der Waals surface area (Å²) in [5, 5.41) is 0.965. The van der Waals surface area contributed by atoms with Crippen LogP contribution in [0.2, 0.25) is 0 Å². The molecule has 2 unspecified atom stereocenters. The van der Waals surface area contributed by atoms with Crippen LogP contribution in [0, 0.1) is 5.92 Å². The average molecular weight is 588 g/mol. The first kappa shape index (κ1) is 26.9. The molecule has 0 saturated carbocycles. The maximum atomic E-state index is 13.3. The van der Waals surface area contributed by atoms with Gasteiger partial charge in [0.25, 0.3) is 0 Å². The highest BCUT2D eigenvalue weighted by atomic mass is 79.9. The molecular weight excluding hydrogens is 554 g/mol. The van der Waals surface area contributed by atoms with E-state index in [1.165, 1.54) is 11.5 Å². The fourth-order valence-electron chi connectivity index (χ4n) is 5.92. The van der Waals surface area contributed by atoms with E-state index in [2.05, 4.69) is 40.0 Å². The molecule has 0 spiro atoms. The maximum absolute atomic E-state index is 13.3. The Kier molecular flexibility index (Phi) is 7.66. The van der Waals surface area contributed by atoms with Gasteiger partial charge in [0, 0.05) is 44.6 Å². The van der Waals surface area contributed by atoms with Crippen molar-refractivity contribution in [3.63, 3.8) is 0 Å². The van der Waals surface area contributed by atoms with Crippen LogP contribution in [0.3, 0.4) is 0 Å². The van der Waals surface area contributed by atoms with Gasteiger partial charge in [0.1, 0.15) is 0 Å². The van der Waals surface area contributed by atoms with Crippen LogP contribution in [0.1, 0.15) is 44.7 Å². The fourth-order valence-corrected chi connectivity index (χ4v) is 6.61. The number of hydrogen-bond acceptors (Lipinski definition) is 7. The number of carbonyl (C=O) groups is 3. The first-order valence-electron chi connectivity index (χ1n) is 13.3. The van der Waals surface area contributed by atoms with E-state index in [0.29, 0.717) is 49.2 Å². The summed E-state index contributed by atoms with van der Waals surface area (Å²) in [6.45, 7) is 8.06. The summed E-state index contributed by atoms with van der Waals surface area (Å²) in [6.07, 6.45) is 1.91. The first-order chi connectivity index (χ1) is 18.2. The van der Waals surface area contributed by atoms with Crippen LogP contribution in [0.15, 0.2) is 28.9 Å². The predicted molar refractivity (Wildman–Crippen MR) is 146 cm³/mol. The van der Waals surface area contributed by atoms with Gasteiger partial charge in [0.15, 0.2) is 6.10 Å². The van der Waals surface area contributed by atoms with Crippen LogP contribution in [-0.4, -0.2) is 84.1 Å². The Morgan fingerprint density at radius 1 is 1.21 bits per heavy atom. The third-order valence-corrected chi connectivity index (χ3v) is 8.65. The van der Waals surface area contributed by atoms with Crippen LogP contribution in [0.4, 0.5) is 4.79 Å². The van der Waals surface area contributed by atoms with Crippen molar-refractivity contribution in [3.05, 3.63) is 40.0 Å². The van der Waals surface area contributed by atoms with Crippen LogP contribution in [0.5, 0.6) is 0 Å². The number of amides is 1. The van der Waals surface area contributed by atoms with Crippen molar-refractivity contribution in [2.45, 2.75) is 58.5 Å². The number of likely N-dealkylation sites (N-methyl/N-ethyl adjacent to an activating group) is 1. The molecular formula is C28H34BrN3O6. The van der Waals surface area contributed by atoms with E-state index >= 15 is 0 Å². The molecule has 1 aliphatic carbocycles. The molecule has 1 fully saturated rings. The Labute approximate surface area is 230 Å². The molecule has 3 heterocycles. The maximum Gasteiger partial charge on any atom is 0.422 e. The second-order valence-electron chi connectivity index (χ2n) is 10.1. The molecule has 10 heteroatoms. The molecule has 4 atom stereocenters. The summed E-state index contributed by atoms with van der Waals surface area (Å²) in [6, 6.07) is 5.93. The molecule has 2 aromatic rings. The van der Waals surface area contributed by atoms with Crippen LogP contribution in [-0.2, 0) is 30.2 Å². The predicted octanol–water partition coefficient (Wildman–Crippen LogP) is 4.19. The molecule has 204 valence electrons. The molecule has 38 heavy (non-hydrogen) atoms. The number of carbonyl (C=O) groups excluding carboxylic acids is 3. The van der Waals surface area contributed by atoms with Gasteiger partial charge in [-0.3, -0.25) is 9.69 Å². The summed E-state index contributed by atoms with van der Waals surface area (Å²) in [7, 11) is 2.05. The van der Waals surface area contributed by atoms with Gasteiger partial charge in [-0.25, -0.2) is 14.2 Å². The number of esters is 1. The van der Waals surface area contributed by atoms with Gasteiger partial charge >= 0.3 is 12.1 Å². The number of hydrogen-bond donors (Lipinski definition) is 0. The highest BCUT2D eigenvalue weighted by Gasteiger charge is 2.39. The molecule has 1 aromatic heterocycles. The zero-order valence-corrected chi connectivity index (χ0v) is 23.8. The molecule has 0 radical (unpaired) electrons. The number of fused-ring (bicyclic) bond motifs is 2. The fraction of sp³-hybridized carbons (Fsp3) is 0.536. The summed E-state index contributed by atoms with van der Waals surface area (Å²) in [5.74, 6) is -0.606. The standard InChI is InChI=1S/C28H34BrN3O6/c1-5-31(6-2)26(33)17-13-19-18-9-7-10-21-24(18)20(14-22(19)30(4)15-17)25(29)32(21)28(35)38-16(3)37-27(34)23-11-8-12-36-23/h7,9-10,13,16-17,22-23H,5-6,8,11-12,14-15H2,1-4H3/t16?,17-,22-,23?/m1/s1. The zero-order chi connectivity index (χ0) is 27.1. The highest BCUT2D eigenvalue weighted by Crippen LogP contribution is 2.45. The van der Waals surface area contributed by atoms with Gasteiger partial charge in [-0.2, -0.15) is 0 Å². The summed E-state index contributed by atoms with van der Waals surface area (Å²) >= 11 is 3.66. The van der Waals surface area contributed by atoms with E-state index in [1.54, 1.807) is 0 Å². The Hall–Kier alpha value is -2.69. The molecule has 5 rings (SSSR count). The third-order valence-electron chi connectivity index (χ3n) is 7.81. The van der Waals surface area contributed by atoms with E-state index in [9.17, 15) is 14.4 Å². The summed E-state index contributed by atoms with van der Waals surface area (Å²) < 4.78 is 18.3. The molecule has 0 N–H and O–H groups in total. The lowest BCUT2D eigenvalue weighted by molar-refractivity contribution is -0.175. The Bertz CT molecular complexity index is 1290.